The normalized spacial score (nSPS) is 23.4. The average molecular weight is 177 g/mol. The van der Waals surface area contributed by atoms with Crippen LogP contribution in [0.15, 0.2) is 6.08 Å². The van der Waals surface area contributed by atoms with Crippen molar-refractivity contribution in [2.75, 3.05) is 20.6 Å². The molecule has 0 amide bonds. The van der Waals surface area contributed by atoms with Crippen LogP contribution in [0.5, 0.6) is 0 Å². The third kappa shape index (κ3) is 5.56. The number of hydrogen-bond donors (Lipinski definition) is 0. The van der Waals surface area contributed by atoms with E-state index in [0.29, 0.717) is 0 Å². The van der Waals surface area contributed by atoms with E-state index in [1.54, 1.807) is 0 Å². The van der Waals surface area contributed by atoms with Gasteiger partial charge < -0.3 is 11.0 Å². The van der Waals surface area contributed by atoms with Crippen molar-refractivity contribution in [3.8, 4) is 0 Å². The summed E-state index contributed by atoms with van der Waals surface area (Å²) < 4.78 is 0. The Morgan fingerprint density at radius 2 is 2.27 bits per heavy atom. The first kappa shape index (κ1) is 12.3. The van der Waals surface area contributed by atoms with Crippen molar-refractivity contribution in [2.24, 2.45) is 5.92 Å². The maximum absolute atomic E-state index is 3.24. The van der Waals surface area contributed by atoms with E-state index < -0.39 is 0 Å². The molecule has 11 heavy (non-hydrogen) atoms. The molecule has 1 nitrogen and oxygen atoms in total. The summed E-state index contributed by atoms with van der Waals surface area (Å²) >= 11 is 0. The summed E-state index contributed by atoms with van der Waals surface area (Å²) in [5.41, 5.74) is 0. The van der Waals surface area contributed by atoms with Crippen molar-refractivity contribution in [1.29, 1.82) is 0 Å². The van der Waals surface area contributed by atoms with Crippen LogP contribution in [0.3, 0.4) is 0 Å². The molecule has 0 aromatic heterocycles. The summed E-state index contributed by atoms with van der Waals surface area (Å²) in [6.07, 6.45) is 9.16. The van der Waals surface area contributed by atoms with E-state index in [1.807, 2.05) is 0 Å². The molecule has 0 aromatic rings. The third-order valence-electron chi connectivity index (χ3n) is 1.92. The van der Waals surface area contributed by atoms with Crippen molar-refractivity contribution in [3.05, 3.63) is 12.2 Å². The zero-order valence-corrected chi connectivity index (χ0v) is 11.1. The minimum atomic E-state index is 0. The van der Waals surface area contributed by atoms with Gasteiger partial charge >= 0.3 is 51.4 Å². The Labute approximate surface area is 113 Å². The van der Waals surface area contributed by atoms with Crippen LogP contribution in [0, 0.1) is 12.0 Å². The van der Waals surface area contributed by atoms with Gasteiger partial charge in [0.15, 0.2) is 0 Å². The van der Waals surface area contributed by atoms with Crippen molar-refractivity contribution in [1.82, 2.24) is 4.90 Å². The Bertz CT molecular complexity index is 121. The Morgan fingerprint density at radius 3 is 2.73 bits per heavy atom. The van der Waals surface area contributed by atoms with E-state index in [4.69, 9.17) is 0 Å². The Balaban J connectivity index is 0.000001000. The van der Waals surface area contributed by atoms with Gasteiger partial charge in [0, 0.05) is 6.54 Å². The fraction of sp³-hybridized carbons (Fsp3) is 0.778. The first-order valence-corrected chi connectivity index (χ1v) is 3.99. The summed E-state index contributed by atoms with van der Waals surface area (Å²) in [6.45, 7) is 1.23. The number of hydrogen-bond acceptors (Lipinski definition) is 1. The van der Waals surface area contributed by atoms with E-state index in [2.05, 4.69) is 31.1 Å². The number of rotatable bonds is 2. The van der Waals surface area contributed by atoms with Gasteiger partial charge in [-0.05, 0) is 20.0 Å². The van der Waals surface area contributed by atoms with Crippen molar-refractivity contribution in [2.45, 2.75) is 19.3 Å². The largest absolute Gasteiger partial charge is 1.00 e. The SMILES string of the molecule is CN(C)CC1CC=[C-]CC1.[K+]. The molecule has 58 valence electrons. The maximum atomic E-state index is 3.24. The van der Waals surface area contributed by atoms with Crippen molar-refractivity contribution in [3.63, 3.8) is 0 Å². The Kier molecular flexibility index (Phi) is 7.64. The number of allylic oxidation sites excluding steroid dienone is 2. The molecule has 0 heterocycles. The molecule has 0 radical (unpaired) electrons. The van der Waals surface area contributed by atoms with E-state index in [0.717, 1.165) is 5.92 Å². The van der Waals surface area contributed by atoms with Gasteiger partial charge in [0.2, 0.25) is 0 Å². The summed E-state index contributed by atoms with van der Waals surface area (Å²) in [7, 11) is 4.28. The summed E-state index contributed by atoms with van der Waals surface area (Å²) in [6, 6.07) is 0. The van der Waals surface area contributed by atoms with E-state index >= 15 is 0 Å². The molecule has 0 aliphatic heterocycles. The van der Waals surface area contributed by atoms with Crippen LogP contribution < -0.4 is 51.4 Å². The van der Waals surface area contributed by atoms with Gasteiger partial charge in [-0.25, -0.2) is 0 Å². The quantitative estimate of drug-likeness (QED) is 0.375. The maximum Gasteiger partial charge on any atom is 1.00 e. The molecular weight excluding hydrogens is 161 g/mol. The van der Waals surface area contributed by atoms with E-state index in [-0.39, 0.29) is 51.4 Å². The zero-order valence-electron chi connectivity index (χ0n) is 7.93. The van der Waals surface area contributed by atoms with Crippen LogP contribution in [0.4, 0.5) is 0 Å². The van der Waals surface area contributed by atoms with Gasteiger partial charge in [-0.1, -0.05) is 12.8 Å². The van der Waals surface area contributed by atoms with Gasteiger partial charge in [0.1, 0.15) is 0 Å². The van der Waals surface area contributed by atoms with Gasteiger partial charge in [0.25, 0.3) is 0 Å². The van der Waals surface area contributed by atoms with Gasteiger partial charge in [-0.15, -0.1) is 0 Å². The van der Waals surface area contributed by atoms with Crippen LogP contribution in [0.1, 0.15) is 19.3 Å². The molecule has 1 unspecified atom stereocenters. The minimum Gasteiger partial charge on any atom is -0.501 e. The Morgan fingerprint density at radius 1 is 1.55 bits per heavy atom. The fourth-order valence-electron chi connectivity index (χ4n) is 1.44. The second-order valence-electron chi connectivity index (χ2n) is 3.31. The standard InChI is InChI=1S/C9H16N.K/c1-10(2)8-9-6-4-3-5-7-9;/h4,9H,5-8H2,1-2H3;/q-1;+1. The van der Waals surface area contributed by atoms with E-state index in [1.165, 1.54) is 25.8 Å². The molecule has 2 heteroatoms. The molecule has 1 aliphatic carbocycles. The molecule has 0 saturated heterocycles. The van der Waals surface area contributed by atoms with Crippen LogP contribution in [0.25, 0.3) is 0 Å². The first-order chi connectivity index (χ1) is 4.79. The Hall–Kier alpha value is 1.34. The smallest absolute Gasteiger partial charge is 0.501 e. The van der Waals surface area contributed by atoms with Gasteiger partial charge in [-0.2, -0.15) is 6.42 Å². The zero-order chi connectivity index (χ0) is 7.40. The first-order valence-electron chi connectivity index (χ1n) is 3.99. The topological polar surface area (TPSA) is 3.24 Å². The van der Waals surface area contributed by atoms with Crippen LogP contribution in [-0.2, 0) is 0 Å². The molecule has 0 spiro atoms. The average Bonchev–Trinajstić information content (AvgIpc) is 1.88. The summed E-state index contributed by atoms with van der Waals surface area (Å²) in [5, 5.41) is 0. The molecular formula is C9H16KN. The predicted octanol–water partition coefficient (Wildman–Crippen LogP) is -1.29. The molecule has 0 saturated carbocycles. The second-order valence-corrected chi connectivity index (χ2v) is 3.31. The molecule has 0 aromatic carbocycles. The van der Waals surface area contributed by atoms with Gasteiger partial charge in [-0.3, -0.25) is 6.08 Å². The fourth-order valence-corrected chi connectivity index (χ4v) is 1.44. The summed E-state index contributed by atoms with van der Waals surface area (Å²) in [5.74, 6) is 0.885. The summed E-state index contributed by atoms with van der Waals surface area (Å²) in [4.78, 5) is 2.27. The third-order valence-corrected chi connectivity index (χ3v) is 1.92. The van der Waals surface area contributed by atoms with Crippen LogP contribution in [-0.4, -0.2) is 25.5 Å². The van der Waals surface area contributed by atoms with Crippen molar-refractivity contribution >= 4 is 0 Å². The molecule has 0 N–H and O–H groups in total. The molecule has 1 aliphatic rings. The molecule has 1 atom stereocenters. The molecule has 0 fully saturated rings. The van der Waals surface area contributed by atoms with E-state index in [9.17, 15) is 0 Å². The molecule has 1 rings (SSSR count). The van der Waals surface area contributed by atoms with Crippen LogP contribution in [0.2, 0.25) is 0 Å². The van der Waals surface area contributed by atoms with Gasteiger partial charge in [0.05, 0.1) is 0 Å². The van der Waals surface area contributed by atoms with Crippen LogP contribution >= 0.6 is 0 Å². The minimum absolute atomic E-state index is 0. The monoisotopic (exact) mass is 177 g/mol. The second kappa shape index (κ2) is 6.81. The van der Waals surface area contributed by atoms with Crippen molar-refractivity contribution < 1.29 is 51.4 Å². The number of nitrogens with zero attached hydrogens (tertiary/aromatic N) is 1. The molecule has 0 bridgehead atoms. The predicted molar refractivity (Wildman–Crippen MR) is 43.7 cm³/mol.